The molecule has 8 aromatic rings. The van der Waals surface area contributed by atoms with Crippen LogP contribution in [0.15, 0.2) is 211 Å². The number of nitrogens with zero attached hydrogens (tertiary/aromatic N) is 3. The van der Waals surface area contributed by atoms with Crippen molar-refractivity contribution in [3.63, 3.8) is 0 Å². The molecule has 0 spiro atoms. The molecule has 0 amide bonds. The summed E-state index contributed by atoms with van der Waals surface area (Å²) in [7, 11) is 6.65. The number of H-pyrrole nitrogens is 1. The molecular weight excluding hydrogens is 873 g/mol. The smallest absolute Gasteiger partial charge is 0.335 e. The first-order valence-corrected chi connectivity index (χ1v) is 22.6. The van der Waals surface area contributed by atoms with Crippen molar-refractivity contribution in [1.29, 1.82) is 0 Å². The van der Waals surface area contributed by atoms with Crippen LogP contribution >= 0.6 is 0 Å². The van der Waals surface area contributed by atoms with Crippen molar-refractivity contribution in [2.24, 2.45) is 4.99 Å². The average Bonchev–Trinajstić information content (AvgIpc) is 4.09. The average molecular weight is 923 g/mol. The summed E-state index contributed by atoms with van der Waals surface area (Å²) in [6, 6.07) is 59.6. The lowest BCUT2D eigenvalue weighted by atomic mass is 9.99. The number of benzene rings is 7. The van der Waals surface area contributed by atoms with Gasteiger partial charge in [0, 0.05) is 51.1 Å². The number of ether oxygens (including phenoxy) is 4. The number of anilines is 6. The predicted octanol–water partition coefficient (Wildman–Crippen LogP) is 14.3. The predicted molar refractivity (Wildman–Crippen MR) is 283 cm³/mol. The van der Waals surface area contributed by atoms with Crippen LogP contribution in [0.3, 0.4) is 0 Å². The Balaban J connectivity index is 0.958. The fraction of sp³-hybridized carbons (Fsp3) is 0.0667. The van der Waals surface area contributed by atoms with Gasteiger partial charge in [-0.25, -0.2) is 9.79 Å². The van der Waals surface area contributed by atoms with E-state index < -0.39 is 5.97 Å². The molecule has 9 rings (SSSR count). The molecule has 1 aromatic heterocycles. The molecule has 10 heteroatoms. The number of hydrogen-bond donors (Lipinski definition) is 2. The Morgan fingerprint density at radius 2 is 0.814 bits per heavy atom. The summed E-state index contributed by atoms with van der Waals surface area (Å²) in [5, 5.41) is 9.66. The van der Waals surface area contributed by atoms with E-state index in [1.807, 2.05) is 152 Å². The molecule has 10 nitrogen and oxygen atoms in total. The van der Waals surface area contributed by atoms with Crippen molar-refractivity contribution in [1.82, 2.24) is 4.98 Å². The molecule has 0 radical (unpaired) electrons. The molecule has 7 aromatic carbocycles. The summed E-state index contributed by atoms with van der Waals surface area (Å²) >= 11 is 0. The van der Waals surface area contributed by atoms with E-state index in [4.69, 9.17) is 23.9 Å². The maximum absolute atomic E-state index is 11.8. The van der Waals surface area contributed by atoms with Gasteiger partial charge < -0.3 is 38.8 Å². The second-order valence-corrected chi connectivity index (χ2v) is 16.2. The molecule has 0 saturated heterocycles. The van der Waals surface area contributed by atoms with Gasteiger partial charge >= 0.3 is 5.97 Å². The van der Waals surface area contributed by atoms with Gasteiger partial charge in [0.25, 0.3) is 0 Å². The zero-order valence-electron chi connectivity index (χ0n) is 39.1. The van der Waals surface area contributed by atoms with E-state index >= 15 is 0 Å². The van der Waals surface area contributed by atoms with Crippen LogP contribution < -0.4 is 28.7 Å². The Bertz CT molecular complexity index is 3130. The van der Waals surface area contributed by atoms with Gasteiger partial charge in [-0.3, -0.25) is 0 Å². The summed E-state index contributed by atoms with van der Waals surface area (Å²) in [6.07, 6.45) is 12.1. The van der Waals surface area contributed by atoms with Gasteiger partial charge in [0.2, 0.25) is 0 Å². The lowest BCUT2D eigenvalue weighted by Gasteiger charge is -2.26. The summed E-state index contributed by atoms with van der Waals surface area (Å²) in [5.41, 5.74) is 13.1. The molecule has 0 unspecified atom stereocenters. The van der Waals surface area contributed by atoms with Crippen molar-refractivity contribution in [2.75, 3.05) is 38.2 Å². The minimum atomic E-state index is -0.983. The fourth-order valence-corrected chi connectivity index (χ4v) is 8.14. The van der Waals surface area contributed by atoms with E-state index in [1.54, 1.807) is 40.6 Å². The Morgan fingerprint density at radius 1 is 0.443 bits per heavy atom. The first kappa shape index (κ1) is 45.9. The van der Waals surface area contributed by atoms with Gasteiger partial charge in [-0.1, -0.05) is 48.6 Å². The van der Waals surface area contributed by atoms with Gasteiger partial charge in [0.05, 0.1) is 45.4 Å². The Hall–Kier alpha value is -9.28. The van der Waals surface area contributed by atoms with Crippen molar-refractivity contribution in [3.8, 4) is 23.0 Å². The van der Waals surface area contributed by atoms with Crippen LogP contribution in [0, 0.1) is 0 Å². The highest BCUT2D eigenvalue weighted by atomic mass is 16.5. The molecule has 0 saturated carbocycles. The quantitative estimate of drug-likeness (QED) is 0.0929. The van der Waals surface area contributed by atoms with E-state index in [9.17, 15) is 9.90 Å². The van der Waals surface area contributed by atoms with E-state index in [-0.39, 0.29) is 5.56 Å². The molecule has 1 aliphatic rings. The largest absolute Gasteiger partial charge is 0.497 e. The number of aromatic nitrogens is 1. The Labute approximate surface area is 407 Å². The standard InChI is InChI=1S/C60H50N4O6/c1-67-53-31-23-49(24-32-53)63(50-25-33-54(68-2)34-26-50)47-19-7-41(8-20-47)5-15-45-17-39-57(61-45)59(43-11-13-44(14-12-43)60(65)66)58-40-18-46(62-58)16-6-42-9-21-48(22-10-42)64(51-27-35-55(69-3)36-28-51)52-29-37-56(70-4)38-30-52/h5-40,61H,1-4H3,(H,65,66)/b15-5+,16-6+,59-58-. The van der Waals surface area contributed by atoms with Gasteiger partial charge in [-0.05, 0) is 187 Å². The van der Waals surface area contributed by atoms with Gasteiger partial charge in [-0.15, -0.1) is 0 Å². The molecule has 2 N–H and O–H groups in total. The van der Waals surface area contributed by atoms with Crippen LogP contribution in [-0.2, 0) is 0 Å². The van der Waals surface area contributed by atoms with Crippen LogP contribution in [0.5, 0.6) is 23.0 Å². The van der Waals surface area contributed by atoms with Gasteiger partial charge in [0.15, 0.2) is 0 Å². The van der Waals surface area contributed by atoms with Gasteiger partial charge in [0.1, 0.15) is 23.0 Å². The number of carboxylic acids is 1. The molecule has 1 aliphatic heterocycles. The van der Waals surface area contributed by atoms with Crippen LogP contribution in [0.4, 0.5) is 34.1 Å². The highest BCUT2D eigenvalue weighted by Crippen LogP contribution is 2.38. The number of hydrogen-bond acceptors (Lipinski definition) is 8. The Kier molecular flexibility index (Phi) is 13.8. The van der Waals surface area contributed by atoms with Crippen molar-refractivity contribution in [3.05, 3.63) is 240 Å². The maximum Gasteiger partial charge on any atom is 0.335 e. The number of allylic oxidation sites excluding steroid dienone is 3. The number of aromatic amines is 1. The number of carbonyl (C=O) groups is 1. The maximum atomic E-state index is 11.8. The number of carboxylic acid groups (broad SMARTS) is 1. The molecule has 0 bridgehead atoms. The van der Waals surface area contributed by atoms with E-state index in [0.717, 1.165) is 102 Å². The summed E-state index contributed by atoms with van der Waals surface area (Å²) in [4.78, 5) is 24.8. The topological polar surface area (TPSA) is 109 Å². The molecule has 70 heavy (non-hydrogen) atoms. The summed E-state index contributed by atoms with van der Waals surface area (Å²) < 4.78 is 21.7. The fourth-order valence-electron chi connectivity index (χ4n) is 8.14. The number of aromatic carboxylic acids is 1. The Morgan fingerprint density at radius 3 is 1.20 bits per heavy atom. The zero-order chi connectivity index (χ0) is 48.4. The SMILES string of the molecule is COc1ccc(N(c2ccc(/C=C/C3=NC(=C(/c4ccc(C(=O)O)cc4)c4ccc(/C=C/c5ccc(N(c6ccc(OC)cc6)c6ccc(OC)cc6)cc5)[nH]4)/C=C3)cc2)c2ccc(OC)cc2)cc1. The van der Waals surface area contributed by atoms with Crippen molar-refractivity contribution >= 4 is 69.6 Å². The molecule has 346 valence electrons. The number of nitrogens with one attached hydrogen (secondary N) is 1. The molecule has 0 atom stereocenters. The molecule has 2 heterocycles. The summed E-state index contributed by atoms with van der Waals surface area (Å²) in [5.74, 6) is 2.16. The van der Waals surface area contributed by atoms with Crippen molar-refractivity contribution < 1.29 is 28.8 Å². The lowest BCUT2D eigenvalue weighted by Crippen LogP contribution is -2.09. The highest BCUT2D eigenvalue weighted by molar-refractivity contribution is 6.10. The van der Waals surface area contributed by atoms with Crippen LogP contribution in [0.25, 0.3) is 23.8 Å². The normalized spacial score (nSPS) is 12.8. The molecule has 0 aliphatic carbocycles. The first-order chi connectivity index (χ1) is 34.3. The third kappa shape index (κ3) is 10.5. The minimum absolute atomic E-state index is 0.210. The second kappa shape index (κ2) is 21.1. The molecular formula is C60H50N4O6. The van der Waals surface area contributed by atoms with Gasteiger partial charge in [-0.2, -0.15) is 0 Å². The lowest BCUT2D eigenvalue weighted by molar-refractivity contribution is 0.0697. The van der Waals surface area contributed by atoms with E-state index in [1.165, 1.54) is 0 Å². The van der Waals surface area contributed by atoms with Crippen LogP contribution in [0.2, 0.25) is 0 Å². The third-order valence-electron chi connectivity index (χ3n) is 11.8. The third-order valence-corrected chi connectivity index (χ3v) is 11.8. The molecule has 0 fully saturated rings. The van der Waals surface area contributed by atoms with Crippen LogP contribution in [0.1, 0.15) is 38.4 Å². The zero-order valence-corrected chi connectivity index (χ0v) is 39.1. The first-order valence-electron chi connectivity index (χ1n) is 22.6. The number of methoxy groups -OCH3 is 4. The number of rotatable bonds is 17. The second-order valence-electron chi connectivity index (χ2n) is 16.2. The van der Waals surface area contributed by atoms with E-state index in [0.29, 0.717) is 0 Å². The van der Waals surface area contributed by atoms with Crippen molar-refractivity contribution in [2.45, 2.75) is 0 Å². The number of aliphatic imine (C=N–C) groups is 1. The summed E-state index contributed by atoms with van der Waals surface area (Å²) in [6.45, 7) is 0. The van der Waals surface area contributed by atoms with Crippen LogP contribution in [-0.4, -0.2) is 50.2 Å². The van der Waals surface area contributed by atoms with E-state index in [2.05, 4.69) is 69.4 Å². The highest BCUT2D eigenvalue weighted by Gasteiger charge is 2.18. The minimum Gasteiger partial charge on any atom is -0.497 e. The monoisotopic (exact) mass is 922 g/mol.